The Morgan fingerprint density at radius 3 is 2.62 bits per heavy atom. The molecule has 8 heteroatoms. The van der Waals surface area contributed by atoms with E-state index in [1.807, 2.05) is 32.9 Å². The van der Waals surface area contributed by atoms with Gasteiger partial charge in [-0.2, -0.15) is 0 Å². The fourth-order valence-corrected chi connectivity index (χ4v) is 3.64. The number of aromatic nitrogens is 2. The van der Waals surface area contributed by atoms with Gasteiger partial charge in [-0.15, -0.1) is 0 Å². The van der Waals surface area contributed by atoms with Crippen LogP contribution in [0.1, 0.15) is 34.2 Å². The van der Waals surface area contributed by atoms with E-state index in [9.17, 15) is 9.90 Å². The minimum absolute atomic E-state index is 0.0712. The average molecular weight is 434 g/mol. The van der Waals surface area contributed by atoms with Crippen molar-refractivity contribution in [2.75, 3.05) is 31.3 Å². The highest BCUT2D eigenvalue weighted by Gasteiger charge is 2.31. The molecule has 0 atom stereocenters. The lowest BCUT2D eigenvalue weighted by Gasteiger charge is -2.18. The van der Waals surface area contributed by atoms with Gasteiger partial charge in [-0.3, -0.25) is 5.41 Å². The number of anilines is 1. The minimum Gasteiger partial charge on any atom is -0.509 e. The number of carbonyl (C=O) groups is 1. The number of carbonyl (C=O) groups excluding carboxylic acids is 1. The van der Waals surface area contributed by atoms with Crippen molar-refractivity contribution in [3.63, 3.8) is 0 Å². The van der Waals surface area contributed by atoms with Crippen LogP contribution in [0.2, 0.25) is 0 Å². The summed E-state index contributed by atoms with van der Waals surface area (Å²) in [7, 11) is 0. The fraction of sp³-hybridized carbons (Fsp3) is 0.292. The van der Waals surface area contributed by atoms with Crippen molar-refractivity contribution >= 4 is 34.1 Å². The molecule has 0 spiro atoms. The third kappa shape index (κ3) is 4.09. The Hall–Kier alpha value is -3.65. The number of aromatic amines is 1. The monoisotopic (exact) mass is 434 g/mol. The first-order valence-corrected chi connectivity index (χ1v) is 10.5. The maximum Gasteiger partial charge on any atom is 0.338 e. The smallest absolute Gasteiger partial charge is 0.338 e. The number of amidine groups is 1. The molecule has 0 saturated heterocycles. The predicted octanol–water partition coefficient (Wildman–Crippen LogP) is 4.14. The van der Waals surface area contributed by atoms with Gasteiger partial charge >= 0.3 is 5.97 Å². The van der Waals surface area contributed by atoms with Crippen molar-refractivity contribution < 1.29 is 19.4 Å². The van der Waals surface area contributed by atoms with Crippen molar-refractivity contribution in [2.24, 2.45) is 0 Å². The lowest BCUT2D eigenvalue weighted by Crippen LogP contribution is -2.26. The molecule has 0 radical (unpaired) electrons. The van der Waals surface area contributed by atoms with Crippen molar-refractivity contribution in [1.82, 2.24) is 9.97 Å². The Morgan fingerprint density at radius 2 is 1.91 bits per heavy atom. The van der Waals surface area contributed by atoms with Crippen LogP contribution >= 0.6 is 0 Å². The third-order valence-electron chi connectivity index (χ3n) is 5.52. The van der Waals surface area contributed by atoms with Crippen LogP contribution in [0.15, 0.2) is 42.2 Å². The summed E-state index contributed by atoms with van der Waals surface area (Å²) >= 11 is 0. The number of hydrogen-bond donors (Lipinski definition) is 3. The molecule has 2 heterocycles. The molecule has 3 aromatic rings. The molecule has 166 valence electrons. The summed E-state index contributed by atoms with van der Waals surface area (Å²) in [5.41, 5.74) is 5.40. The molecule has 32 heavy (non-hydrogen) atoms. The van der Waals surface area contributed by atoms with Crippen LogP contribution in [-0.2, 0) is 9.47 Å². The first-order chi connectivity index (χ1) is 15.4. The van der Waals surface area contributed by atoms with Gasteiger partial charge in [0.2, 0.25) is 0 Å². The number of aliphatic hydroxyl groups is 1. The Bertz CT molecular complexity index is 1170. The highest BCUT2D eigenvalue weighted by molar-refractivity contribution is 6.30. The molecule has 0 unspecified atom stereocenters. The van der Waals surface area contributed by atoms with E-state index in [1.165, 1.54) is 0 Å². The van der Waals surface area contributed by atoms with Crippen molar-refractivity contribution in [3.8, 4) is 0 Å². The van der Waals surface area contributed by atoms with Crippen LogP contribution in [0, 0.1) is 19.3 Å². The van der Waals surface area contributed by atoms with Crippen LogP contribution < -0.4 is 4.90 Å². The molecule has 0 saturated carbocycles. The SMILES string of the molecule is CCOCCOC(=O)c1ccc(N2CC(O)=C(c3nc4cc(C)c(C)cc4[nH]3)C2=N)cc1. The average Bonchev–Trinajstić information content (AvgIpc) is 3.30. The Labute approximate surface area is 186 Å². The molecular weight excluding hydrogens is 408 g/mol. The quantitative estimate of drug-likeness (QED) is 0.381. The number of nitrogens with zero attached hydrogens (tertiary/aromatic N) is 2. The summed E-state index contributed by atoms with van der Waals surface area (Å²) in [5, 5.41) is 19.3. The van der Waals surface area contributed by atoms with Crippen molar-refractivity contribution in [1.29, 1.82) is 5.41 Å². The highest BCUT2D eigenvalue weighted by Crippen LogP contribution is 2.31. The van der Waals surface area contributed by atoms with E-state index in [1.54, 1.807) is 29.2 Å². The minimum atomic E-state index is -0.428. The summed E-state index contributed by atoms with van der Waals surface area (Å²) in [6.07, 6.45) is 0. The second-order valence-electron chi connectivity index (χ2n) is 7.68. The van der Waals surface area contributed by atoms with E-state index >= 15 is 0 Å². The van der Waals surface area contributed by atoms with E-state index in [4.69, 9.17) is 14.9 Å². The van der Waals surface area contributed by atoms with E-state index in [-0.39, 0.29) is 24.7 Å². The second kappa shape index (κ2) is 8.84. The number of fused-ring (bicyclic) bond motifs is 1. The number of benzene rings is 2. The number of nitrogens with one attached hydrogen (secondary N) is 2. The topological polar surface area (TPSA) is 112 Å². The number of aryl methyl sites for hydroxylation is 2. The lowest BCUT2D eigenvalue weighted by atomic mass is 10.1. The molecule has 8 nitrogen and oxygen atoms in total. The first kappa shape index (κ1) is 21.6. The first-order valence-electron chi connectivity index (χ1n) is 10.5. The maximum absolute atomic E-state index is 12.1. The largest absolute Gasteiger partial charge is 0.509 e. The van der Waals surface area contributed by atoms with E-state index in [0.29, 0.717) is 35.9 Å². The van der Waals surface area contributed by atoms with Gasteiger partial charge in [-0.1, -0.05) is 0 Å². The van der Waals surface area contributed by atoms with Gasteiger partial charge in [-0.25, -0.2) is 9.78 Å². The molecule has 0 amide bonds. The second-order valence-corrected chi connectivity index (χ2v) is 7.68. The molecule has 4 rings (SSSR count). The summed E-state index contributed by atoms with van der Waals surface area (Å²) in [5.74, 6) is 0.246. The zero-order valence-corrected chi connectivity index (χ0v) is 18.4. The summed E-state index contributed by atoms with van der Waals surface area (Å²) < 4.78 is 10.3. The number of rotatable bonds is 7. The standard InChI is InChI=1S/C24H26N4O4/c1-4-31-9-10-32-24(30)16-5-7-17(8-6-16)28-13-20(29)21(22(28)25)23-26-18-11-14(2)15(3)12-19(18)27-23/h5-8,11-12,25,29H,4,9-10,13H2,1-3H3,(H,26,27). The van der Waals surface area contributed by atoms with Gasteiger partial charge < -0.3 is 24.5 Å². The van der Waals surface area contributed by atoms with Crippen molar-refractivity contribution in [2.45, 2.75) is 20.8 Å². The molecule has 1 aliphatic heterocycles. The lowest BCUT2D eigenvalue weighted by molar-refractivity contribution is 0.0335. The summed E-state index contributed by atoms with van der Waals surface area (Å²) in [4.78, 5) is 21.6. The van der Waals surface area contributed by atoms with Crippen LogP contribution in [0.25, 0.3) is 16.6 Å². The van der Waals surface area contributed by atoms with Crippen LogP contribution in [0.3, 0.4) is 0 Å². The number of imidazole rings is 1. The Balaban J connectivity index is 1.50. The van der Waals surface area contributed by atoms with Crippen molar-refractivity contribution in [3.05, 3.63) is 64.7 Å². The molecule has 0 bridgehead atoms. The molecular formula is C24H26N4O4. The molecule has 3 N–H and O–H groups in total. The van der Waals surface area contributed by atoms with Gasteiger partial charge in [0.25, 0.3) is 0 Å². The molecule has 2 aromatic carbocycles. The third-order valence-corrected chi connectivity index (χ3v) is 5.52. The number of H-pyrrole nitrogens is 1. The highest BCUT2D eigenvalue weighted by atomic mass is 16.6. The van der Waals surface area contributed by atoms with E-state index < -0.39 is 5.97 Å². The molecule has 1 aromatic heterocycles. The van der Waals surface area contributed by atoms with E-state index in [2.05, 4.69) is 9.97 Å². The maximum atomic E-state index is 12.1. The number of hydrogen-bond acceptors (Lipinski definition) is 6. The Morgan fingerprint density at radius 1 is 1.19 bits per heavy atom. The van der Waals surface area contributed by atoms with Gasteiger partial charge in [0, 0.05) is 12.3 Å². The molecule has 1 aliphatic rings. The summed E-state index contributed by atoms with van der Waals surface area (Å²) in [6, 6.07) is 10.8. The Kier molecular flexibility index (Phi) is 5.96. The fourth-order valence-electron chi connectivity index (χ4n) is 3.64. The van der Waals surface area contributed by atoms with Gasteiger partial charge in [0.05, 0.1) is 35.3 Å². The molecule has 0 aliphatic carbocycles. The van der Waals surface area contributed by atoms with Gasteiger partial charge in [0.1, 0.15) is 24.0 Å². The zero-order valence-electron chi connectivity index (χ0n) is 18.4. The van der Waals surface area contributed by atoms with Crippen LogP contribution in [0.4, 0.5) is 5.69 Å². The van der Waals surface area contributed by atoms with Gasteiger partial charge in [0.15, 0.2) is 0 Å². The van der Waals surface area contributed by atoms with Gasteiger partial charge in [-0.05, 0) is 68.3 Å². The zero-order chi connectivity index (χ0) is 22.8. The van der Waals surface area contributed by atoms with Crippen LogP contribution in [0.5, 0.6) is 0 Å². The van der Waals surface area contributed by atoms with Crippen LogP contribution in [-0.4, -0.2) is 53.2 Å². The van der Waals surface area contributed by atoms with E-state index in [0.717, 1.165) is 22.2 Å². The molecule has 0 fully saturated rings. The normalized spacial score (nSPS) is 14.0. The number of aliphatic hydroxyl groups excluding tert-OH is 1. The number of ether oxygens (including phenoxy) is 2. The predicted molar refractivity (Wildman–Crippen MR) is 123 cm³/mol. The number of esters is 1. The summed E-state index contributed by atoms with van der Waals surface area (Å²) in [6.45, 7) is 7.22.